The van der Waals surface area contributed by atoms with E-state index in [9.17, 15) is 9.18 Å². The van der Waals surface area contributed by atoms with Crippen molar-refractivity contribution in [2.45, 2.75) is 44.9 Å². The predicted octanol–water partition coefficient (Wildman–Crippen LogP) is 6.45. The van der Waals surface area contributed by atoms with Gasteiger partial charge < -0.3 is 4.74 Å². The molecule has 4 rings (SSSR count). The van der Waals surface area contributed by atoms with E-state index < -0.39 is 29.3 Å². The highest BCUT2D eigenvalue weighted by Gasteiger charge is 2.40. The van der Waals surface area contributed by atoms with Crippen LogP contribution in [0.15, 0.2) is 42.5 Å². The van der Waals surface area contributed by atoms with Gasteiger partial charge in [-0.1, -0.05) is 18.2 Å². The molecule has 3 aromatic rings. The summed E-state index contributed by atoms with van der Waals surface area (Å²) >= 11 is 1.50. The molecule has 0 bridgehead atoms. The number of hydrogen-bond acceptors (Lipinski definition) is 4. The van der Waals surface area contributed by atoms with Gasteiger partial charge in [0, 0.05) is 33.8 Å². The van der Waals surface area contributed by atoms with Gasteiger partial charge >= 0.3 is 5.97 Å². The van der Waals surface area contributed by atoms with Crippen LogP contribution in [0.5, 0.6) is 0 Å². The van der Waals surface area contributed by atoms with E-state index >= 15 is 8.78 Å². The molecule has 3 nitrogen and oxygen atoms in total. The number of carbonyl (C=O) groups excluding carboxylic acids is 1. The van der Waals surface area contributed by atoms with Gasteiger partial charge in [0.1, 0.15) is 17.3 Å². The van der Waals surface area contributed by atoms with Crippen molar-refractivity contribution in [3.63, 3.8) is 0 Å². The SMILES string of the molecule is COC(=O)/C=C/c1cc(F)c(C2c3sc4ccccc4c3CC(C)N2CC(C)(C)F)c(F)c1. The average molecular weight is 474 g/mol. The third-order valence-electron chi connectivity index (χ3n) is 5.92. The van der Waals surface area contributed by atoms with Gasteiger partial charge in [-0.25, -0.2) is 18.0 Å². The Bertz CT molecular complexity index is 1200. The zero-order valence-electron chi connectivity index (χ0n) is 19.0. The summed E-state index contributed by atoms with van der Waals surface area (Å²) in [6.45, 7) is 4.96. The maximum atomic E-state index is 15.5. The van der Waals surface area contributed by atoms with Crippen LogP contribution in [0, 0.1) is 11.6 Å². The number of methoxy groups -OCH3 is 1. The molecule has 0 amide bonds. The monoisotopic (exact) mass is 473 g/mol. The van der Waals surface area contributed by atoms with Crippen molar-refractivity contribution in [3.8, 4) is 0 Å². The molecule has 0 fully saturated rings. The fourth-order valence-electron chi connectivity index (χ4n) is 4.54. The van der Waals surface area contributed by atoms with Crippen molar-refractivity contribution in [3.05, 3.63) is 75.7 Å². The third kappa shape index (κ3) is 4.70. The number of alkyl halides is 1. The molecule has 0 saturated heterocycles. The Labute approximate surface area is 195 Å². The van der Waals surface area contributed by atoms with Gasteiger partial charge in [0.15, 0.2) is 0 Å². The second-order valence-corrected chi connectivity index (χ2v) is 10.1. The molecule has 2 unspecified atom stereocenters. The van der Waals surface area contributed by atoms with Crippen LogP contribution in [0.2, 0.25) is 0 Å². The van der Waals surface area contributed by atoms with E-state index in [2.05, 4.69) is 4.74 Å². The van der Waals surface area contributed by atoms with Crippen LogP contribution in [0.4, 0.5) is 13.2 Å². The van der Waals surface area contributed by atoms with Gasteiger partial charge in [0.2, 0.25) is 0 Å². The van der Waals surface area contributed by atoms with Crippen molar-refractivity contribution in [1.29, 1.82) is 0 Å². The maximum Gasteiger partial charge on any atom is 0.330 e. The Morgan fingerprint density at radius 1 is 1.24 bits per heavy atom. The van der Waals surface area contributed by atoms with E-state index in [1.54, 1.807) is 0 Å². The predicted molar refractivity (Wildman–Crippen MR) is 126 cm³/mol. The molecule has 2 aromatic carbocycles. The van der Waals surface area contributed by atoms with Gasteiger partial charge in [-0.05, 0) is 68.0 Å². The summed E-state index contributed by atoms with van der Waals surface area (Å²) in [6.07, 6.45) is 3.09. The lowest BCUT2D eigenvalue weighted by Crippen LogP contribution is -2.47. The first-order valence-corrected chi connectivity index (χ1v) is 11.6. The van der Waals surface area contributed by atoms with Crippen molar-refractivity contribution in [2.75, 3.05) is 13.7 Å². The summed E-state index contributed by atoms with van der Waals surface area (Å²) in [5, 5.41) is 1.08. The number of thiophene rings is 1. The molecule has 1 aliphatic heterocycles. The first-order valence-electron chi connectivity index (χ1n) is 10.8. The summed E-state index contributed by atoms with van der Waals surface area (Å²) in [6, 6.07) is 9.44. The number of benzene rings is 2. The minimum absolute atomic E-state index is 0.0371. The standard InChI is InChI=1S/C26H26F3NO2S/c1-15-11-18-17-7-5-6-8-21(17)33-25(18)24(30(15)14-26(2,3)29)23-19(27)12-16(13-20(23)28)9-10-22(31)32-4/h5-10,12-13,15,24H,11,14H2,1-4H3/b10-9+. The van der Waals surface area contributed by atoms with Gasteiger partial charge in [0.05, 0.1) is 13.2 Å². The van der Waals surface area contributed by atoms with Crippen LogP contribution in [0.3, 0.4) is 0 Å². The van der Waals surface area contributed by atoms with Gasteiger partial charge in [-0.2, -0.15) is 0 Å². The molecule has 7 heteroatoms. The van der Waals surface area contributed by atoms with Crippen LogP contribution in [-0.2, 0) is 16.0 Å². The minimum Gasteiger partial charge on any atom is -0.466 e. The molecule has 0 aliphatic carbocycles. The lowest BCUT2D eigenvalue weighted by Gasteiger charge is -2.43. The summed E-state index contributed by atoms with van der Waals surface area (Å²) in [7, 11) is 1.23. The molecule has 0 saturated carbocycles. The smallest absolute Gasteiger partial charge is 0.330 e. The number of hydrogen-bond donors (Lipinski definition) is 0. The molecule has 0 spiro atoms. The average Bonchev–Trinajstić information content (AvgIpc) is 3.10. The maximum absolute atomic E-state index is 15.5. The van der Waals surface area contributed by atoms with E-state index in [1.807, 2.05) is 36.1 Å². The van der Waals surface area contributed by atoms with Crippen LogP contribution in [0.25, 0.3) is 16.2 Å². The number of rotatable bonds is 5. The van der Waals surface area contributed by atoms with Crippen LogP contribution < -0.4 is 0 Å². The first kappa shape index (κ1) is 23.5. The molecule has 33 heavy (non-hydrogen) atoms. The fourth-order valence-corrected chi connectivity index (χ4v) is 5.90. The lowest BCUT2D eigenvalue weighted by molar-refractivity contribution is -0.134. The van der Waals surface area contributed by atoms with Crippen molar-refractivity contribution < 1.29 is 22.7 Å². The number of nitrogens with zero attached hydrogens (tertiary/aromatic N) is 1. The quantitative estimate of drug-likeness (QED) is 0.315. The number of ether oxygens (including phenoxy) is 1. The summed E-state index contributed by atoms with van der Waals surface area (Å²) in [5.41, 5.74) is -0.378. The summed E-state index contributed by atoms with van der Waals surface area (Å²) < 4.78 is 51.3. The Hall–Kier alpha value is -2.64. The molecule has 2 heterocycles. The molecule has 174 valence electrons. The normalized spacial score (nSPS) is 19.2. The Morgan fingerprint density at radius 2 is 1.91 bits per heavy atom. The second kappa shape index (κ2) is 8.95. The molecule has 0 N–H and O–H groups in total. The fraction of sp³-hybridized carbons (Fsp3) is 0.346. The highest BCUT2D eigenvalue weighted by Crippen LogP contribution is 2.47. The lowest BCUT2D eigenvalue weighted by atomic mass is 9.87. The number of halogens is 3. The topological polar surface area (TPSA) is 29.5 Å². The first-order chi connectivity index (χ1) is 15.6. The molecule has 0 radical (unpaired) electrons. The van der Waals surface area contributed by atoms with Crippen molar-refractivity contribution in [2.24, 2.45) is 0 Å². The number of carbonyl (C=O) groups is 1. The van der Waals surface area contributed by atoms with Crippen molar-refractivity contribution >= 4 is 33.5 Å². The Kier molecular flexibility index (Phi) is 6.38. The molecular formula is C26H26F3NO2S. The number of esters is 1. The van der Waals surface area contributed by atoms with E-state index in [4.69, 9.17) is 0 Å². The highest BCUT2D eigenvalue weighted by atomic mass is 32.1. The van der Waals surface area contributed by atoms with E-state index in [0.29, 0.717) is 6.42 Å². The van der Waals surface area contributed by atoms with E-state index in [-0.39, 0.29) is 23.7 Å². The zero-order chi connectivity index (χ0) is 23.9. The molecule has 1 aromatic heterocycles. The molecule has 2 atom stereocenters. The summed E-state index contributed by atoms with van der Waals surface area (Å²) in [5.74, 6) is -2.08. The van der Waals surface area contributed by atoms with Crippen LogP contribution in [0.1, 0.15) is 48.4 Å². The van der Waals surface area contributed by atoms with Gasteiger partial charge in [-0.3, -0.25) is 4.90 Å². The van der Waals surface area contributed by atoms with Gasteiger partial charge in [0.25, 0.3) is 0 Å². The minimum atomic E-state index is -1.54. The summed E-state index contributed by atoms with van der Waals surface area (Å²) in [4.78, 5) is 14.1. The third-order valence-corrected chi connectivity index (χ3v) is 7.19. The van der Waals surface area contributed by atoms with Crippen LogP contribution >= 0.6 is 11.3 Å². The molecule has 1 aliphatic rings. The van der Waals surface area contributed by atoms with Crippen LogP contribution in [-0.4, -0.2) is 36.2 Å². The Balaban J connectivity index is 1.89. The van der Waals surface area contributed by atoms with Crippen molar-refractivity contribution in [1.82, 2.24) is 4.90 Å². The number of fused-ring (bicyclic) bond motifs is 3. The van der Waals surface area contributed by atoms with Gasteiger partial charge in [-0.15, -0.1) is 11.3 Å². The van der Waals surface area contributed by atoms with E-state index in [0.717, 1.165) is 26.6 Å². The second-order valence-electron chi connectivity index (χ2n) is 9.04. The van der Waals surface area contributed by atoms with E-state index in [1.165, 1.54) is 50.5 Å². The Morgan fingerprint density at radius 3 is 2.55 bits per heavy atom. The molecular weight excluding hydrogens is 447 g/mol. The zero-order valence-corrected chi connectivity index (χ0v) is 19.8. The largest absolute Gasteiger partial charge is 0.466 e. The highest BCUT2D eigenvalue weighted by molar-refractivity contribution is 7.19.